The molecule has 1 aliphatic rings. The van der Waals surface area contributed by atoms with Crippen LogP contribution in [0.25, 0.3) is 0 Å². The van der Waals surface area contributed by atoms with E-state index in [4.69, 9.17) is 0 Å². The van der Waals surface area contributed by atoms with Crippen molar-refractivity contribution in [1.29, 1.82) is 0 Å². The molecule has 1 aromatic rings. The van der Waals surface area contributed by atoms with Crippen molar-refractivity contribution in [1.82, 2.24) is 9.80 Å². The molecule has 1 saturated heterocycles. The number of benzene rings is 1. The van der Waals surface area contributed by atoms with E-state index in [1.165, 1.54) is 0 Å². The van der Waals surface area contributed by atoms with Crippen molar-refractivity contribution in [2.24, 2.45) is 0 Å². The Morgan fingerprint density at radius 2 is 1.78 bits per heavy atom. The van der Waals surface area contributed by atoms with Crippen molar-refractivity contribution in [3.8, 4) is 0 Å². The van der Waals surface area contributed by atoms with Crippen LogP contribution in [0.1, 0.15) is 6.92 Å². The Bertz CT molecular complexity index is 573. The quantitative estimate of drug-likeness (QED) is 0.667. The number of nitrogens with zero attached hydrogens (tertiary/aromatic N) is 2. The Balaban J connectivity index is 1.74. The Kier molecular flexibility index (Phi) is 6.56. The van der Waals surface area contributed by atoms with Crippen LogP contribution in [0.3, 0.4) is 0 Å². The second-order valence-electron chi connectivity index (χ2n) is 5.40. The van der Waals surface area contributed by atoms with Gasteiger partial charge in [0.25, 0.3) is 0 Å². The van der Waals surface area contributed by atoms with Crippen molar-refractivity contribution in [3.63, 3.8) is 0 Å². The van der Waals surface area contributed by atoms with Gasteiger partial charge in [0.2, 0.25) is 11.8 Å². The van der Waals surface area contributed by atoms with Gasteiger partial charge in [0.05, 0.1) is 6.54 Å². The lowest BCUT2D eigenvalue weighted by atomic mass is 10.3. The molecule has 0 bridgehead atoms. The first-order valence-electron chi connectivity index (χ1n) is 7.84. The third-order valence-electron chi connectivity index (χ3n) is 3.65. The maximum atomic E-state index is 12.0. The van der Waals surface area contributed by atoms with Crippen molar-refractivity contribution < 1.29 is 9.59 Å². The highest BCUT2D eigenvalue weighted by Crippen LogP contribution is 2.06. The lowest BCUT2D eigenvalue weighted by molar-refractivity contribution is -0.128. The zero-order valence-corrected chi connectivity index (χ0v) is 13.4. The molecule has 2 rings (SSSR count). The van der Waals surface area contributed by atoms with Gasteiger partial charge in [-0.2, -0.15) is 0 Å². The van der Waals surface area contributed by atoms with Gasteiger partial charge in [-0.05, 0) is 19.1 Å². The van der Waals surface area contributed by atoms with E-state index >= 15 is 0 Å². The molecule has 0 saturated carbocycles. The average molecular weight is 313 g/mol. The summed E-state index contributed by atoms with van der Waals surface area (Å²) in [4.78, 5) is 27.8. The SMILES string of the molecule is C/C=C/C=C/C(=O)N1CCN(CC(=O)Nc2ccccc2)CC1. The molecule has 5 heteroatoms. The number of nitrogens with one attached hydrogen (secondary N) is 1. The molecule has 122 valence electrons. The zero-order chi connectivity index (χ0) is 16.5. The number of amides is 2. The number of para-hydroxylation sites is 1. The van der Waals surface area contributed by atoms with E-state index in [-0.39, 0.29) is 11.8 Å². The van der Waals surface area contributed by atoms with Crippen molar-refractivity contribution >= 4 is 17.5 Å². The molecule has 1 fully saturated rings. The number of piperazine rings is 1. The van der Waals surface area contributed by atoms with Gasteiger partial charge < -0.3 is 10.2 Å². The van der Waals surface area contributed by atoms with Crippen LogP contribution in [-0.4, -0.2) is 54.3 Å². The van der Waals surface area contributed by atoms with Crippen LogP contribution < -0.4 is 5.32 Å². The molecule has 23 heavy (non-hydrogen) atoms. The second-order valence-corrected chi connectivity index (χ2v) is 5.40. The molecule has 1 aromatic carbocycles. The predicted octanol–water partition coefficient (Wildman–Crippen LogP) is 1.90. The van der Waals surface area contributed by atoms with Gasteiger partial charge in [-0.3, -0.25) is 14.5 Å². The maximum absolute atomic E-state index is 12.0. The van der Waals surface area contributed by atoms with E-state index in [0.29, 0.717) is 32.7 Å². The van der Waals surface area contributed by atoms with Crippen LogP contribution in [0.15, 0.2) is 54.6 Å². The first kappa shape index (κ1) is 17.0. The lowest BCUT2D eigenvalue weighted by Gasteiger charge is -2.33. The van der Waals surface area contributed by atoms with E-state index in [1.54, 1.807) is 12.2 Å². The van der Waals surface area contributed by atoms with E-state index in [0.717, 1.165) is 5.69 Å². The summed E-state index contributed by atoms with van der Waals surface area (Å²) < 4.78 is 0. The predicted molar refractivity (Wildman–Crippen MR) is 92.0 cm³/mol. The van der Waals surface area contributed by atoms with Gasteiger partial charge in [-0.15, -0.1) is 0 Å². The van der Waals surface area contributed by atoms with Gasteiger partial charge in [-0.25, -0.2) is 0 Å². The Hall–Kier alpha value is -2.40. The molecular formula is C18H23N3O2. The Morgan fingerprint density at radius 3 is 2.43 bits per heavy atom. The van der Waals surface area contributed by atoms with Gasteiger partial charge in [0.15, 0.2) is 0 Å². The molecular weight excluding hydrogens is 290 g/mol. The number of hydrogen-bond donors (Lipinski definition) is 1. The fourth-order valence-corrected chi connectivity index (χ4v) is 2.41. The minimum atomic E-state index is -0.0241. The fraction of sp³-hybridized carbons (Fsp3) is 0.333. The normalized spacial score (nSPS) is 16.1. The molecule has 1 N–H and O–H groups in total. The Morgan fingerprint density at radius 1 is 1.09 bits per heavy atom. The average Bonchev–Trinajstić information content (AvgIpc) is 2.56. The zero-order valence-electron chi connectivity index (χ0n) is 13.4. The van der Waals surface area contributed by atoms with Crippen LogP contribution >= 0.6 is 0 Å². The first-order valence-corrected chi connectivity index (χ1v) is 7.84. The largest absolute Gasteiger partial charge is 0.337 e. The van der Waals surface area contributed by atoms with E-state index in [9.17, 15) is 9.59 Å². The van der Waals surface area contributed by atoms with E-state index in [2.05, 4.69) is 10.2 Å². The van der Waals surface area contributed by atoms with Gasteiger partial charge in [0, 0.05) is 37.9 Å². The standard InChI is InChI=1S/C18H23N3O2/c1-2-3-5-10-18(23)21-13-11-20(12-14-21)15-17(22)19-16-8-6-4-7-9-16/h2-10H,11-15H2,1H3,(H,19,22)/b3-2+,10-5+. The Labute approximate surface area is 137 Å². The molecule has 0 unspecified atom stereocenters. The van der Waals surface area contributed by atoms with Crippen molar-refractivity contribution in [2.75, 3.05) is 38.0 Å². The number of carbonyl (C=O) groups excluding carboxylic acids is 2. The molecule has 0 spiro atoms. The fourth-order valence-electron chi connectivity index (χ4n) is 2.41. The summed E-state index contributed by atoms with van der Waals surface area (Å²) in [7, 11) is 0. The molecule has 0 aromatic heterocycles. The van der Waals surface area contributed by atoms with Crippen LogP contribution in [0.4, 0.5) is 5.69 Å². The van der Waals surface area contributed by atoms with E-state index in [1.807, 2.05) is 54.3 Å². The molecule has 0 aliphatic carbocycles. The van der Waals surface area contributed by atoms with Gasteiger partial charge in [-0.1, -0.05) is 36.4 Å². The summed E-state index contributed by atoms with van der Waals surface area (Å²) in [5.41, 5.74) is 0.806. The maximum Gasteiger partial charge on any atom is 0.246 e. The van der Waals surface area contributed by atoms with Gasteiger partial charge in [0.1, 0.15) is 0 Å². The summed E-state index contributed by atoms with van der Waals surface area (Å²) in [6.07, 6.45) is 7.05. The number of allylic oxidation sites excluding steroid dienone is 3. The number of hydrogen-bond acceptors (Lipinski definition) is 3. The number of rotatable bonds is 5. The molecule has 5 nitrogen and oxygen atoms in total. The lowest BCUT2D eigenvalue weighted by Crippen LogP contribution is -2.50. The highest BCUT2D eigenvalue weighted by Gasteiger charge is 2.21. The summed E-state index contributed by atoms with van der Waals surface area (Å²) in [6, 6.07) is 9.43. The van der Waals surface area contributed by atoms with Crippen LogP contribution in [0, 0.1) is 0 Å². The topological polar surface area (TPSA) is 52.7 Å². The number of carbonyl (C=O) groups is 2. The summed E-state index contributed by atoms with van der Waals surface area (Å²) >= 11 is 0. The first-order chi connectivity index (χ1) is 11.2. The van der Waals surface area contributed by atoms with Crippen molar-refractivity contribution in [2.45, 2.75) is 6.92 Å². The summed E-state index contributed by atoms with van der Waals surface area (Å²) in [5.74, 6) is 0.000410. The third-order valence-corrected chi connectivity index (χ3v) is 3.65. The number of anilines is 1. The smallest absolute Gasteiger partial charge is 0.246 e. The monoisotopic (exact) mass is 313 g/mol. The minimum absolute atomic E-state index is 0.0241. The molecule has 0 atom stereocenters. The summed E-state index contributed by atoms with van der Waals surface area (Å²) in [5, 5.41) is 2.88. The van der Waals surface area contributed by atoms with Gasteiger partial charge >= 0.3 is 0 Å². The molecule has 0 radical (unpaired) electrons. The van der Waals surface area contributed by atoms with Crippen molar-refractivity contribution in [3.05, 3.63) is 54.6 Å². The molecule has 1 aliphatic heterocycles. The molecule has 1 heterocycles. The molecule has 2 amide bonds. The third kappa shape index (κ3) is 5.71. The minimum Gasteiger partial charge on any atom is -0.337 e. The summed E-state index contributed by atoms with van der Waals surface area (Å²) in [6.45, 7) is 4.99. The van der Waals surface area contributed by atoms with Crippen LogP contribution in [0.5, 0.6) is 0 Å². The van der Waals surface area contributed by atoms with Crippen LogP contribution in [0.2, 0.25) is 0 Å². The second kappa shape index (κ2) is 8.90. The van der Waals surface area contributed by atoms with E-state index < -0.39 is 0 Å². The highest BCUT2D eigenvalue weighted by atomic mass is 16.2. The van der Waals surface area contributed by atoms with Crippen LogP contribution in [-0.2, 0) is 9.59 Å². The highest BCUT2D eigenvalue weighted by molar-refractivity contribution is 5.92.